The molecule has 2 aromatic carbocycles. The van der Waals surface area contributed by atoms with Crippen LogP contribution in [-0.4, -0.2) is 26.5 Å². The summed E-state index contributed by atoms with van der Waals surface area (Å²) in [5, 5.41) is 0. The van der Waals surface area contributed by atoms with E-state index < -0.39 is 10.0 Å². The lowest BCUT2D eigenvalue weighted by atomic mass is 10.2. The normalized spacial score (nSPS) is 12.6. The molecule has 0 radical (unpaired) electrons. The molecule has 0 saturated carbocycles. The first kappa shape index (κ1) is 18.1. The minimum Gasteiger partial charge on any atom is -0.457 e. The number of aromatic nitrogens is 1. The van der Waals surface area contributed by atoms with Crippen LogP contribution < -0.4 is 18.5 Å². The zero-order valence-electron chi connectivity index (χ0n) is 15.1. The number of rotatable bonds is 6. The van der Waals surface area contributed by atoms with Crippen LogP contribution in [-0.2, 0) is 16.6 Å². The van der Waals surface area contributed by atoms with Gasteiger partial charge in [-0.3, -0.25) is 9.29 Å². The fraction of sp³-hybridized carbons (Fsp3) is 0.150. The molecule has 0 bridgehead atoms. The van der Waals surface area contributed by atoms with Crippen molar-refractivity contribution in [3.63, 3.8) is 0 Å². The van der Waals surface area contributed by atoms with Gasteiger partial charge in [0.2, 0.25) is 16.8 Å². The first-order valence-electron chi connectivity index (χ1n) is 8.53. The van der Waals surface area contributed by atoms with E-state index in [1.165, 1.54) is 10.6 Å². The van der Waals surface area contributed by atoms with Crippen molar-refractivity contribution in [1.29, 1.82) is 0 Å². The average molecular weight is 398 g/mol. The molecule has 0 fully saturated rings. The van der Waals surface area contributed by atoms with Gasteiger partial charge in [-0.2, -0.15) is 0 Å². The molecule has 0 saturated heterocycles. The largest absolute Gasteiger partial charge is 0.457 e. The maximum atomic E-state index is 12.3. The molecular formula is C20H18N2O5S. The molecule has 0 spiro atoms. The monoisotopic (exact) mass is 398 g/mol. The first-order valence-corrected chi connectivity index (χ1v) is 10.4. The van der Waals surface area contributed by atoms with Crippen molar-refractivity contribution < 1.29 is 22.6 Å². The molecule has 3 aromatic rings. The minimum absolute atomic E-state index is 0.200. The summed E-state index contributed by atoms with van der Waals surface area (Å²) in [5.74, 6) is 2.50. The Morgan fingerprint density at radius 2 is 1.79 bits per heavy atom. The van der Waals surface area contributed by atoms with Gasteiger partial charge in [0.05, 0.1) is 18.5 Å². The van der Waals surface area contributed by atoms with Crippen LogP contribution >= 0.6 is 0 Å². The fourth-order valence-corrected chi connectivity index (χ4v) is 3.70. The molecule has 0 N–H and O–H groups in total. The van der Waals surface area contributed by atoms with E-state index in [1.807, 2.05) is 6.07 Å². The van der Waals surface area contributed by atoms with Crippen LogP contribution in [0.4, 0.5) is 5.69 Å². The third kappa shape index (κ3) is 4.01. The van der Waals surface area contributed by atoms with Gasteiger partial charge in [0.15, 0.2) is 11.5 Å². The van der Waals surface area contributed by atoms with Crippen molar-refractivity contribution in [1.82, 2.24) is 4.98 Å². The Hall–Kier alpha value is -3.26. The summed E-state index contributed by atoms with van der Waals surface area (Å²) >= 11 is 0. The number of hydrogen-bond acceptors (Lipinski definition) is 6. The summed E-state index contributed by atoms with van der Waals surface area (Å²) in [5.41, 5.74) is 1.35. The van der Waals surface area contributed by atoms with Crippen LogP contribution in [0.5, 0.6) is 23.0 Å². The summed E-state index contributed by atoms with van der Waals surface area (Å²) in [7, 11) is -3.46. The molecule has 2 heterocycles. The number of pyridine rings is 1. The Kier molecular flexibility index (Phi) is 4.79. The highest BCUT2D eigenvalue weighted by Gasteiger charge is 2.18. The Balaban J connectivity index is 1.53. The molecule has 0 aliphatic carbocycles. The molecule has 1 aliphatic heterocycles. The average Bonchev–Trinajstić information content (AvgIpc) is 3.15. The highest BCUT2D eigenvalue weighted by atomic mass is 32.2. The Bertz CT molecular complexity index is 1070. The van der Waals surface area contributed by atoms with E-state index in [9.17, 15) is 8.42 Å². The van der Waals surface area contributed by atoms with Crippen LogP contribution in [0.15, 0.2) is 67.0 Å². The zero-order chi connectivity index (χ0) is 19.6. The van der Waals surface area contributed by atoms with Crippen LogP contribution in [0.1, 0.15) is 5.56 Å². The molecule has 0 atom stereocenters. The maximum absolute atomic E-state index is 12.3. The van der Waals surface area contributed by atoms with E-state index in [4.69, 9.17) is 14.2 Å². The maximum Gasteiger partial charge on any atom is 0.232 e. The number of benzene rings is 2. The van der Waals surface area contributed by atoms with Gasteiger partial charge < -0.3 is 14.2 Å². The highest BCUT2D eigenvalue weighted by Crippen LogP contribution is 2.36. The molecule has 1 aliphatic rings. The van der Waals surface area contributed by atoms with Crippen molar-refractivity contribution >= 4 is 15.7 Å². The SMILES string of the molecule is CS(=O)(=O)N(Cc1cccnc1)c1ccc(Oc2ccc3c(c2)OCO3)cc1. The second-order valence-electron chi connectivity index (χ2n) is 6.24. The Morgan fingerprint density at radius 1 is 1.04 bits per heavy atom. The molecule has 7 nitrogen and oxygen atoms in total. The zero-order valence-corrected chi connectivity index (χ0v) is 15.9. The Labute approximate surface area is 163 Å². The molecule has 144 valence electrons. The lowest BCUT2D eigenvalue weighted by molar-refractivity contribution is 0.174. The number of hydrogen-bond donors (Lipinski definition) is 0. The Morgan fingerprint density at radius 3 is 2.50 bits per heavy atom. The lowest BCUT2D eigenvalue weighted by Crippen LogP contribution is -2.29. The van der Waals surface area contributed by atoms with E-state index in [0.29, 0.717) is 28.7 Å². The molecule has 1 aromatic heterocycles. The topological polar surface area (TPSA) is 78.0 Å². The van der Waals surface area contributed by atoms with Gasteiger partial charge in [-0.1, -0.05) is 6.07 Å². The second-order valence-corrected chi connectivity index (χ2v) is 8.15. The van der Waals surface area contributed by atoms with Crippen molar-refractivity contribution in [2.24, 2.45) is 0 Å². The molecule has 8 heteroatoms. The number of anilines is 1. The van der Waals surface area contributed by atoms with Gasteiger partial charge >= 0.3 is 0 Å². The second kappa shape index (κ2) is 7.40. The van der Waals surface area contributed by atoms with E-state index in [-0.39, 0.29) is 13.3 Å². The predicted molar refractivity (Wildman–Crippen MR) is 104 cm³/mol. The summed E-state index contributed by atoms with van der Waals surface area (Å²) in [6.07, 6.45) is 4.48. The van der Waals surface area contributed by atoms with Gasteiger partial charge in [0, 0.05) is 18.5 Å². The van der Waals surface area contributed by atoms with Crippen molar-refractivity contribution in [3.8, 4) is 23.0 Å². The van der Waals surface area contributed by atoms with Gasteiger partial charge in [0.1, 0.15) is 11.5 Å². The highest BCUT2D eigenvalue weighted by molar-refractivity contribution is 7.92. The van der Waals surface area contributed by atoms with Gasteiger partial charge in [-0.25, -0.2) is 8.42 Å². The smallest absolute Gasteiger partial charge is 0.232 e. The van der Waals surface area contributed by atoms with Crippen molar-refractivity contribution in [2.45, 2.75) is 6.54 Å². The van der Waals surface area contributed by atoms with Gasteiger partial charge in [-0.15, -0.1) is 0 Å². The number of ether oxygens (including phenoxy) is 3. The quantitative estimate of drug-likeness (QED) is 0.632. The summed E-state index contributed by atoms with van der Waals surface area (Å²) < 4.78 is 42.3. The molecular weight excluding hydrogens is 380 g/mol. The third-order valence-electron chi connectivity index (χ3n) is 4.15. The standard InChI is InChI=1S/C20H18N2O5S/c1-28(23,24)22(13-15-3-2-10-21-12-15)16-4-6-17(7-5-16)27-18-8-9-19-20(11-18)26-14-25-19/h2-12H,13-14H2,1H3. The predicted octanol–water partition coefficient (Wildman–Crippen LogP) is 3.57. The van der Waals surface area contributed by atoms with Crippen molar-refractivity contribution in [2.75, 3.05) is 17.4 Å². The number of nitrogens with zero attached hydrogens (tertiary/aromatic N) is 2. The number of fused-ring (bicyclic) bond motifs is 1. The van der Waals surface area contributed by atoms with E-state index >= 15 is 0 Å². The lowest BCUT2D eigenvalue weighted by Gasteiger charge is -2.22. The van der Waals surface area contributed by atoms with Crippen molar-refractivity contribution in [3.05, 3.63) is 72.6 Å². The van der Waals surface area contributed by atoms with Crippen LogP contribution in [0, 0.1) is 0 Å². The first-order chi connectivity index (χ1) is 13.5. The molecule has 28 heavy (non-hydrogen) atoms. The molecule has 0 unspecified atom stereocenters. The van der Waals surface area contributed by atoms with E-state index in [1.54, 1.807) is 60.9 Å². The summed E-state index contributed by atoms with van der Waals surface area (Å²) in [4.78, 5) is 4.04. The van der Waals surface area contributed by atoms with Gasteiger partial charge in [-0.05, 0) is 48.0 Å². The summed E-state index contributed by atoms with van der Waals surface area (Å²) in [6, 6.07) is 15.8. The summed E-state index contributed by atoms with van der Waals surface area (Å²) in [6.45, 7) is 0.404. The van der Waals surface area contributed by atoms with Gasteiger partial charge in [0.25, 0.3) is 0 Å². The third-order valence-corrected chi connectivity index (χ3v) is 5.29. The van der Waals surface area contributed by atoms with Crippen LogP contribution in [0.3, 0.4) is 0 Å². The fourth-order valence-electron chi connectivity index (χ4n) is 2.81. The number of sulfonamides is 1. The van der Waals surface area contributed by atoms with Crippen LogP contribution in [0.25, 0.3) is 0 Å². The van der Waals surface area contributed by atoms with E-state index in [0.717, 1.165) is 5.56 Å². The minimum atomic E-state index is -3.46. The van der Waals surface area contributed by atoms with Crippen LogP contribution in [0.2, 0.25) is 0 Å². The molecule has 4 rings (SSSR count). The van der Waals surface area contributed by atoms with E-state index in [2.05, 4.69) is 4.98 Å². The molecule has 0 amide bonds.